The van der Waals surface area contributed by atoms with Crippen LogP contribution >= 0.6 is 0 Å². The van der Waals surface area contributed by atoms with Crippen molar-refractivity contribution in [2.45, 2.75) is 19.9 Å². The second-order valence-electron chi connectivity index (χ2n) is 3.05. The SMILES string of the molecule is CC=CC(=O)N1CC(=O)NC(=O)C1C. The van der Waals surface area contributed by atoms with Gasteiger partial charge in [-0.1, -0.05) is 6.08 Å². The van der Waals surface area contributed by atoms with Crippen molar-refractivity contribution in [3.63, 3.8) is 0 Å². The molecule has 0 spiro atoms. The number of hydrogen-bond acceptors (Lipinski definition) is 3. The Labute approximate surface area is 81.8 Å². The van der Waals surface area contributed by atoms with E-state index in [-0.39, 0.29) is 12.5 Å². The molecule has 76 valence electrons. The third-order valence-corrected chi connectivity index (χ3v) is 2.02. The number of imide groups is 1. The molecule has 1 aliphatic heterocycles. The predicted molar refractivity (Wildman–Crippen MR) is 49.1 cm³/mol. The molecule has 0 aromatic carbocycles. The maximum Gasteiger partial charge on any atom is 0.249 e. The number of hydrogen-bond donors (Lipinski definition) is 1. The van der Waals surface area contributed by atoms with Crippen molar-refractivity contribution < 1.29 is 14.4 Å². The number of rotatable bonds is 1. The van der Waals surface area contributed by atoms with Crippen LogP contribution in [0.3, 0.4) is 0 Å². The second-order valence-corrected chi connectivity index (χ2v) is 3.05. The molecular formula is C9H12N2O3. The van der Waals surface area contributed by atoms with Crippen molar-refractivity contribution in [3.8, 4) is 0 Å². The molecule has 0 radical (unpaired) electrons. The van der Waals surface area contributed by atoms with Crippen molar-refractivity contribution in [2.75, 3.05) is 6.54 Å². The average Bonchev–Trinajstić information content (AvgIpc) is 2.11. The maximum atomic E-state index is 11.4. The Morgan fingerprint density at radius 3 is 2.79 bits per heavy atom. The van der Waals surface area contributed by atoms with Crippen LogP contribution in [-0.4, -0.2) is 35.2 Å². The lowest BCUT2D eigenvalue weighted by molar-refractivity contribution is -0.147. The van der Waals surface area contributed by atoms with Gasteiger partial charge in [0.15, 0.2) is 0 Å². The van der Waals surface area contributed by atoms with E-state index < -0.39 is 17.9 Å². The van der Waals surface area contributed by atoms with Gasteiger partial charge >= 0.3 is 0 Å². The topological polar surface area (TPSA) is 66.5 Å². The summed E-state index contributed by atoms with van der Waals surface area (Å²) in [5, 5.41) is 2.16. The summed E-state index contributed by atoms with van der Waals surface area (Å²) >= 11 is 0. The van der Waals surface area contributed by atoms with Gasteiger partial charge in [0.2, 0.25) is 17.7 Å². The number of carbonyl (C=O) groups excluding carboxylic acids is 3. The first-order chi connectivity index (χ1) is 6.56. The molecule has 1 atom stereocenters. The molecule has 1 heterocycles. The number of carbonyl (C=O) groups is 3. The molecule has 1 N–H and O–H groups in total. The Balaban J connectivity index is 2.81. The zero-order valence-corrected chi connectivity index (χ0v) is 8.11. The molecule has 0 aromatic heterocycles. The first-order valence-electron chi connectivity index (χ1n) is 4.33. The number of allylic oxidation sites excluding steroid dienone is 1. The van der Waals surface area contributed by atoms with Crippen LogP contribution in [0.25, 0.3) is 0 Å². The third-order valence-electron chi connectivity index (χ3n) is 2.02. The highest BCUT2D eigenvalue weighted by molar-refractivity contribution is 6.05. The standard InChI is InChI=1S/C9H12N2O3/c1-3-4-8(13)11-5-7(12)10-9(14)6(11)2/h3-4,6H,5H2,1-2H3,(H,10,12,14). The van der Waals surface area contributed by atoms with Gasteiger partial charge in [-0.15, -0.1) is 0 Å². The number of amides is 3. The van der Waals surface area contributed by atoms with E-state index >= 15 is 0 Å². The van der Waals surface area contributed by atoms with E-state index in [2.05, 4.69) is 5.32 Å². The molecule has 5 heteroatoms. The number of nitrogens with zero attached hydrogens (tertiary/aromatic N) is 1. The van der Waals surface area contributed by atoms with E-state index in [1.54, 1.807) is 19.9 Å². The van der Waals surface area contributed by atoms with Gasteiger partial charge < -0.3 is 4.90 Å². The molecule has 1 rings (SSSR count). The molecular weight excluding hydrogens is 184 g/mol. The first kappa shape index (κ1) is 10.4. The van der Waals surface area contributed by atoms with E-state index in [0.717, 1.165) is 0 Å². The molecule has 1 fully saturated rings. The minimum Gasteiger partial charge on any atom is -0.318 e. The summed E-state index contributed by atoms with van der Waals surface area (Å²) < 4.78 is 0. The fourth-order valence-electron chi connectivity index (χ4n) is 1.22. The molecule has 1 saturated heterocycles. The molecule has 3 amide bonds. The van der Waals surface area contributed by atoms with E-state index in [1.165, 1.54) is 11.0 Å². The van der Waals surface area contributed by atoms with Gasteiger partial charge in [0.1, 0.15) is 12.6 Å². The van der Waals surface area contributed by atoms with Gasteiger partial charge in [0, 0.05) is 0 Å². The zero-order valence-electron chi connectivity index (χ0n) is 8.11. The minimum absolute atomic E-state index is 0.0594. The fourth-order valence-corrected chi connectivity index (χ4v) is 1.22. The molecule has 0 bridgehead atoms. The summed E-state index contributed by atoms with van der Waals surface area (Å²) in [6.07, 6.45) is 2.91. The fraction of sp³-hybridized carbons (Fsp3) is 0.444. The van der Waals surface area contributed by atoms with Crippen LogP contribution < -0.4 is 5.32 Å². The van der Waals surface area contributed by atoms with Gasteiger partial charge in [-0.05, 0) is 19.9 Å². The van der Waals surface area contributed by atoms with Gasteiger partial charge in [-0.3, -0.25) is 19.7 Å². The molecule has 1 unspecified atom stereocenters. The van der Waals surface area contributed by atoms with E-state index in [1.807, 2.05) is 0 Å². The molecule has 14 heavy (non-hydrogen) atoms. The minimum atomic E-state index is -0.587. The number of nitrogens with one attached hydrogen (secondary N) is 1. The van der Waals surface area contributed by atoms with E-state index in [9.17, 15) is 14.4 Å². The average molecular weight is 196 g/mol. The summed E-state index contributed by atoms with van der Waals surface area (Å²) in [7, 11) is 0. The summed E-state index contributed by atoms with van der Waals surface area (Å²) in [4.78, 5) is 34.8. The maximum absolute atomic E-state index is 11.4. The quantitative estimate of drug-likeness (QED) is 0.451. The Bertz CT molecular complexity index is 309. The van der Waals surface area contributed by atoms with Crippen LogP contribution in [0.2, 0.25) is 0 Å². The Morgan fingerprint density at radius 1 is 1.57 bits per heavy atom. The van der Waals surface area contributed by atoms with Crippen LogP contribution in [0.1, 0.15) is 13.8 Å². The number of piperazine rings is 1. The van der Waals surface area contributed by atoms with Gasteiger partial charge in [0.05, 0.1) is 0 Å². The van der Waals surface area contributed by atoms with Crippen molar-refractivity contribution in [3.05, 3.63) is 12.2 Å². The van der Waals surface area contributed by atoms with Gasteiger partial charge in [-0.25, -0.2) is 0 Å². The summed E-state index contributed by atoms with van der Waals surface area (Å²) in [6.45, 7) is 3.23. The molecule has 5 nitrogen and oxygen atoms in total. The van der Waals surface area contributed by atoms with Crippen LogP contribution in [0.15, 0.2) is 12.2 Å². The highest BCUT2D eigenvalue weighted by Gasteiger charge is 2.32. The van der Waals surface area contributed by atoms with Crippen LogP contribution in [-0.2, 0) is 14.4 Å². The summed E-state index contributed by atoms with van der Waals surface area (Å²) in [5.41, 5.74) is 0. The van der Waals surface area contributed by atoms with Gasteiger partial charge in [-0.2, -0.15) is 0 Å². The highest BCUT2D eigenvalue weighted by Crippen LogP contribution is 2.05. The molecule has 0 aliphatic carbocycles. The van der Waals surface area contributed by atoms with Crippen molar-refractivity contribution in [1.29, 1.82) is 0 Å². The van der Waals surface area contributed by atoms with Gasteiger partial charge in [0.25, 0.3) is 0 Å². The Morgan fingerprint density at radius 2 is 2.21 bits per heavy atom. The lowest BCUT2D eigenvalue weighted by Gasteiger charge is -2.30. The molecule has 1 aliphatic rings. The monoisotopic (exact) mass is 196 g/mol. The lowest BCUT2D eigenvalue weighted by atomic mass is 10.2. The highest BCUT2D eigenvalue weighted by atomic mass is 16.2. The van der Waals surface area contributed by atoms with Crippen LogP contribution in [0.5, 0.6) is 0 Å². The predicted octanol–water partition coefficient (Wildman–Crippen LogP) is -0.564. The smallest absolute Gasteiger partial charge is 0.249 e. The van der Waals surface area contributed by atoms with Crippen molar-refractivity contribution >= 4 is 17.7 Å². The normalized spacial score (nSPS) is 22.7. The molecule has 0 saturated carbocycles. The van der Waals surface area contributed by atoms with Crippen LogP contribution in [0.4, 0.5) is 0 Å². The largest absolute Gasteiger partial charge is 0.318 e. The lowest BCUT2D eigenvalue weighted by Crippen LogP contribution is -2.58. The van der Waals surface area contributed by atoms with Crippen LogP contribution in [0, 0.1) is 0 Å². The van der Waals surface area contributed by atoms with E-state index in [0.29, 0.717) is 0 Å². The third kappa shape index (κ3) is 1.99. The first-order valence-corrected chi connectivity index (χ1v) is 4.33. The summed E-state index contributed by atoms with van der Waals surface area (Å²) in [6, 6.07) is -0.587. The Kier molecular flexibility index (Phi) is 3.01. The zero-order chi connectivity index (χ0) is 10.7. The van der Waals surface area contributed by atoms with Crippen molar-refractivity contribution in [1.82, 2.24) is 10.2 Å². The Hall–Kier alpha value is -1.65. The molecule has 0 aromatic rings. The van der Waals surface area contributed by atoms with Crippen molar-refractivity contribution in [2.24, 2.45) is 0 Å². The summed E-state index contributed by atoms with van der Waals surface area (Å²) in [5.74, 6) is -1.19. The second kappa shape index (κ2) is 4.04. The van der Waals surface area contributed by atoms with E-state index in [4.69, 9.17) is 0 Å².